The standard InChI is InChI=1S/4C4H8O2.4C2H4O2.Ti/c4*1-3-6-4(2)5;4*1-2(3)4;/h4*3H2,1-2H3;4*1H3,(H,3,4);/q;;;;;;;;+4/p-4. The van der Waals surface area contributed by atoms with Crippen LogP contribution in [0.3, 0.4) is 0 Å². The molecule has 0 aliphatic carbocycles. The Morgan fingerprint density at radius 3 is 0.439 bits per heavy atom. The van der Waals surface area contributed by atoms with E-state index < -0.39 is 23.9 Å². The van der Waals surface area contributed by atoms with Crippen LogP contribution in [-0.2, 0) is 79.0 Å². The normalized spacial score (nSPS) is 6.93. The van der Waals surface area contributed by atoms with Gasteiger partial charge < -0.3 is 58.6 Å². The zero-order valence-electron chi connectivity index (χ0n) is 25.9. The van der Waals surface area contributed by atoms with Crippen LogP contribution in [0.25, 0.3) is 0 Å². The molecule has 0 heterocycles. The summed E-state index contributed by atoms with van der Waals surface area (Å²) in [6, 6.07) is 0. The van der Waals surface area contributed by atoms with Crippen LogP contribution in [0, 0.1) is 0 Å². The molecule has 0 radical (unpaired) electrons. The van der Waals surface area contributed by atoms with Crippen molar-refractivity contribution < 1.29 is 99.4 Å². The second kappa shape index (κ2) is 56.6. The first-order valence-electron chi connectivity index (χ1n) is 11.2. The van der Waals surface area contributed by atoms with Gasteiger partial charge in [0.1, 0.15) is 0 Å². The quantitative estimate of drug-likeness (QED) is 0.172. The number of carboxylic acid groups (broad SMARTS) is 4. The molecule has 240 valence electrons. The van der Waals surface area contributed by atoms with Gasteiger partial charge in [0.2, 0.25) is 0 Å². The monoisotopic (exact) mass is 636 g/mol. The van der Waals surface area contributed by atoms with Gasteiger partial charge in [-0.1, -0.05) is 0 Å². The second-order valence-corrected chi connectivity index (χ2v) is 5.66. The van der Waals surface area contributed by atoms with Crippen LogP contribution in [-0.4, -0.2) is 74.2 Å². The average Bonchev–Trinajstić information content (AvgIpc) is 2.67. The molecule has 0 saturated carbocycles. The molecule has 17 heteroatoms. The molecule has 0 saturated heterocycles. The van der Waals surface area contributed by atoms with Crippen molar-refractivity contribution in [1.82, 2.24) is 0 Å². The molecule has 0 fully saturated rings. The van der Waals surface area contributed by atoms with Gasteiger partial charge in [0.15, 0.2) is 0 Å². The predicted molar refractivity (Wildman–Crippen MR) is 132 cm³/mol. The van der Waals surface area contributed by atoms with E-state index in [1.807, 2.05) is 0 Å². The molecular formula is C24H44O16Ti. The summed E-state index contributed by atoms with van der Waals surface area (Å²) in [6.07, 6.45) is 0. The number of rotatable bonds is 4. The molecule has 0 aliphatic heterocycles. The van der Waals surface area contributed by atoms with Crippen molar-refractivity contribution in [1.29, 1.82) is 0 Å². The number of carboxylic acids is 4. The Morgan fingerprint density at radius 2 is 0.439 bits per heavy atom. The predicted octanol–water partition coefficient (Wildman–Crippen LogP) is -2.70. The smallest absolute Gasteiger partial charge is 0.550 e. The van der Waals surface area contributed by atoms with Gasteiger partial charge in [-0.25, -0.2) is 0 Å². The van der Waals surface area contributed by atoms with Crippen molar-refractivity contribution in [3.8, 4) is 0 Å². The minimum absolute atomic E-state index is 0. The molecule has 0 rings (SSSR count). The average molecular weight is 636 g/mol. The number of ether oxygens (including phenoxy) is 4. The van der Waals surface area contributed by atoms with Gasteiger partial charge >= 0.3 is 45.6 Å². The van der Waals surface area contributed by atoms with E-state index in [1.165, 1.54) is 27.7 Å². The zero-order chi connectivity index (χ0) is 34.3. The number of aliphatic carboxylic acids is 4. The molecule has 0 bridgehead atoms. The van der Waals surface area contributed by atoms with E-state index in [2.05, 4.69) is 18.9 Å². The fourth-order valence-electron chi connectivity index (χ4n) is 0.813. The molecule has 0 aliphatic rings. The Morgan fingerprint density at radius 1 is 0.366 bits per heavy atom. The first-order chi connectivity index (χ1) is 18.0. The van der Waals surface area contributed by atoms with Gasteiger partial charge in [0.05, 0.1) is 26.4 Å². The Labute approximate surface area is 256 Å². The number of esters is 4. The molecule has 41 heavy (non-hydrogen) atoms. The largest absolute Gasteiger partial charge is 4.00 e. The first-order valence-corrected chi connectivity index (χ1v) is 11.2. The summed E-state index contributed by atoms with van der Waals surface area (Å²) in [7, 11) is 0. The SMILES string of the molecule is CC(=O)[O-].CC(=O)[O-].CC(=O)[O-].CC(=O)[O-].CCOC(C)=O.CCOC(C)=O.CCOC(C)=O.CCOC(C)=O.[Ti+4]. The van der Waals surface area contributed by atoms with Crippen LogP contribution >= 0.6 is 0 Å². The Bertz CT molecular complexity index is 536. The van der Waals surface area contributed by atoms with Crippen molar-refractivity contribution in [2.45, 2.75) is 83.1 Å². The van der Waals surface area contributed by atoms with Gasteiger partial charge in [0.25, 0.3) is 0 Å². The van der Waals surface area contributed by atoms with E-state index in [0.717, 1.165) is 27.7 Å². The van der Waals surface area contributed by atoms with Crippen LogP contribution in [0.15, 0.2) is 0 Å². The van der Waals surface area contributed by atoms with Crippen molar-refractivity contribution in [3.63, 3.8) is 0 Å². The van der Waals surface area contributed by atoms with Crippen molar-refractivity contribution >= 4 is 47.8 Å². The van der Waals surface area contributed by atoms with Crippen LogP contribution in [0.1, 0.15) is 83.1 Å². The first kappa shape index (κ1) is 61.5. The molecule has 0 atom stereocenters. The summed E-state index contributed by atoms with van der Waals surface area (Å²) >= 11 is 0. The van der Waals surface area contributed by atoms with Gasteiger partial charge in [-0.15, -0.1) is 0 Å². The van der Waals surface area contributed by atoms with Crippen LogP contribution in [0.2, 0.25) is 0 Å². The van der Waals surface area contributed by atoms with Gasteiger partial charge in [-0.05, 0) is 55.4 Å². The Hall–Kier alpha value is -3.53. The van der Waals surface area contributed by atoms with Gasteiger partial charge in [-0.3, -0.25) is 19.2 Å². The molecule has 0 aromatic carbocycles. The molecule has 0 spiro atoms. The third-order valence-electron chi connectivity index (χ3n) is 1.39. The molecule has 0 N–H and O–H groups in total. The minimum atomic E-state index is -1.08. The maximum atomic E-state index is 9.82. The van der Waals surface area contributed by atoms with Gasteiger partial charge in [0, 0.05) is 51.6 Å². The van der Waals surface area contributed by atoms with Crippen molar-refractivity contribution in [2.24, 2.45) is 0 Å². The van der Waals surface area contributed by atoms with E-state index >= 15 is 0 Å². The zero-order valence-corrected chi connectivity index (χ0v) is 27.4. The molecule has 16 nitrogen and oxygen atoms in total. The van der Waals surface area contributed by atoms with E-state index in [-0.39, 0.29) is 45.6 Å². The van der Waals surface area contributed by atoms with Crippen LogP contribution in [0.5, 0.6) is 0 Å². The van der Waals surface area contributed by atoms with E-state index in [1.54, 1.807) is 27.7 Å². The third-order valence-corrected chi connectivity index (χ3v) is 1.39. The Kier molecular flexibility index (Phi) is 84.9. The number of hydrogen-bond acceptors (Lipinski definition) is 16. The summed E-state index contributed by atoms with van der Waals surface area (Å²) in [5.74, 6) is -5.18. The molecule has 0 unspecified atom stereocenters. The number of hydrogen-bond donors (Lipinski definition) is 0. The molecular weight excluding hydrogens is 592 g/mol. The van der Waals surface area contributed by atoms with Crippen LogP contribution in [0.4, 0.5) is 0 Å². The summed E-state index contributed by atoms with van der Waals surface area (Å²) in [6.45, 7) is 18.5. The number of carbonyl (C=O) groups is 8. The fraction of sp³-hybridized carbons (Fsp3) is 0.667. The number of carbonyl (C=O) groups excluding carboxylic acids is 8. The second-order valence-electron chi connectivity index (χ2n) is 5.66. The maximum Gasteiger partial charge on any atom is 4.00 e. The summed E-state index contributed by atoms with van der Waals surface area (Å²) in [4.78, 5) is 74.8. The summed E-state index contributed by atoms with van der Waals surface area (Å²) < 4.78 is 17.6. The third kappa shape index (κ3) is 604. The van der Waals surface area contributed by atoms with E-state index in [0.29, 0.717) is 26.4 Å². The minimum Gasteiger partial charge on any atom is -0.550 e. The Balaban J connectivity index is -0.0000000409. The molecule has 0 amide bonds. The molecule has 0 aromatic rings. The van der Waals surface area contributed by atoms with Crippen LogP contribution < -0.4 is 20.4 Å². The fourth-order valence-corrected chi connectivity index (χ4v) is 0.813. The summed E-state index contributed by atoms with van der Waals surface area (Å²) in [5.41, 5.74) is 0. The maximum absolute atomic E-state index is 9.82. The van der Waals surface area contributed by atoms with Crippen molar-refractivity contribution in [2.75, 3.05) is 26.4 Å². The van der Waals surface area contributed by atoms with Crippen molar-refractivity contribution in [3.05, 3.63) is 0 Å². The molecule has 0 aromatic heterocycles. The van der Waals surface area contributed by atoms with Gasteiger partial charge in [-0.2, -0.15) is 0 Å². The topological polar surface area (TPSA) is 266 Å². The van der Waals surface area contributed by atoms with E-state index in [9.17, 15) is 19.2 Å². The summed E-state index contributed by atoms with van der Waals surface area (Å²) in [5, 5.41) is 35.6. The van der Waals surface area contributed by atoms with E-state index in [4.69, 9.17) is 39.6 Å².